The van der Waals surface area contributed by atoms with Gasteiger partial charge in [-0.2, -0.15) is 5.26 Å². The molecular formula is C17H23N3O. The Morgan fingerprint density at radius 2 is 2.05 bits per heavy atom. The maximum absolute atomic E-state index is 9.04. The van der Waals surface area contributed by atoms with Gasteiger partial charge in [-0.15, -0.1) is 0 Å². The fraction of sp³-hybridized carbons (Fsp3) is 0.588. The number of fused-ring (bicyclic) bond motifs is 2. The predicted molar refractivity (Wildman–Crippen MR) is 83.7 cm³/mol. The molecule has 0 spiro atoms. The maximum atomic E-state index is 9.04. The average molecular weight is 285 g/mol. The maximum Gasteiger partial charge on any atom is 0.143 e. The predicted octanol–water partition coefficient (Wildman–Crippen LogP) is 2.68. The van der Waals surface area contributed by atoms with E-state index in [0.29, 0.717) is 23.7 Å². The molecule has 1 aromatic rings. The van der Waals surface area contributed by atoms with Crippen LogP contribution in [0.5, 0.6) is 5.75 Å². The molecule has 0 amide bonds. The summed E-state index contributed by atoms with van der Waals surface area (Å²) in [5.41, 5.74) is 1.81. The third-order valence-electron chi connectivity index (χ3n) is 4.81. The Morgan fingerprint density at radius 3 is 2.62 bits per heavy atom. The van der Waals surface area contributed by atoms with Gasteiger partial charge in [-0.1, -0.05) is 6.92 Å². The molecule has 0 radical (unpaired) electrons. The van der Waals surface area contributed by atoms with Gasteiger partial charge in [0.05, 0.1) is 24.4 Å². The van der Waals surface area contributed by atoms with E-state index in [1.807, 2.05) is 12.1 Å². The molecule has 2 aliphatic heterocycles. The van der Waals surface area contributed by atoms with E-state index in [4.69, 9.17) is 10.00 Å². The molecule has 2 aliphatic rings. The molecule has 0 aromatic heterocycles. The van der Waals surface area contributed by atoms with Gasteiger partial charge >= 0.3 is 0 Å². The largest absolute Gasteiger partial charge is 0.495 e. The van der Waals surface area contributed by atoms with Gasteiger partial charge < -0.3 is 15.0 Å². The lowest BCUT2D eigenvalue weighted by atomic mass is 9.96. The number of hydrogen-bond donors (Lipinski definition) is 1. The van der Waals surface area contributed by atoms with Crippen molar-refractivity contribution < 1.29 is 4.74 Å². The first-order valence-electron chi connectivity index (χ1n) is 7.86. The van der Waals surface area contributed by atoms with Gasteiger partial charge in [0.25, 0.3) is 0 Å². The second kappa shape index (κ2) is 5.95. The van der Waals surface area contributed by atoms with E-state index in [-0.39, 0.29) is 0 Å². The molecule has 4 heteroatoms. The number of anilines is 1. The van der Waals surface area contributed by atoms with Crippen LogP contribution >= 0.6 is 0 Å². The van der Waals surface area contributed by atoms with Crippen LogP contribution in [0.2, 0.25) is 0 Å². The second-order valence-electron chi connectivity index (χ2n) is 6.02. The molecule has 4 nitrogen and oxygen atoms in total. The lowest BCUT2D eigenvalue weighted by molar-refractivity contribution is 0.355. The van der Waals surface area contributed by atoms with E-state index < -0.39 is 0 Å². The van der Waals surface area contributed by atoms with Crippen LogP contribution in [0.3, 0.4) is 0 Å². The zero-order chi connectivity index (χ0) is 14.8. The smallest absolute Gasteiger partial charge is 0.143 e. The van der Waals surface area contributed by atoms with Crippen molar-refractivity contribution in [3.8, 4) is 11.8 Å². The van der Waals surface area contributed by atoms with Crippen molar-refractivity contribution in [1.29, 1.82) is 5.26 Å². The number of rotatable bonds is 4. The van der Waals surface area contributed by atoms with E-state index in [1.54, 1.807) is 7.11 Å². The number of nitriles is 1. The first-order valence-corrected chi connectivity index (χ1v) is 7.86. The van der Waals surface area contributed by atoms with E-state index >= 15 is 0 Å². The highest BCUT2D eigenvalue weighted by atomic mass is 16.5. The fourth-order valence-corrected chi connectivity index (χ4v) is 3.99. The summed E-state index contributed by atoms with van der Waals surface area (Å²) in [5.74, 6) is 0.827. The molecule has 2 fully saturated rings. The first kappa shape index (κ1) is 14.2. The second-order valence-corrected chi connectivity index (χ2v) is 6.02. The van der Waals surface area contributed by atoms with Crippen molar-refractivity contribution in [2.24, 2.45) is 0 Å². The fourth-order valence-electron chi connectivity index (χ4n) is 3.99. The molecule has 21 heavy (non-hydrogen) atoms. The highest BCUT2D eigenvalue weighted by molar-refractivity contribution is 5.63. The summed E-state index contributed by atoms with van der Waals surface area (Å²) in [7, 11) is 1.69. The van der Waals surface area contributed by atoms with Crippen LogP contribution in [-0.4, -0.2) is 31.8 Å². The summed E-state index contributed by atoms with van der Waals surface area (Å²) in [6.45, 7) is 3.22. The zero-order valence-electron chi connectivity index (χ0n) is 12.8. The first-order chi connectivity index (χ1) is 10.3. The number of hydrogen-bond acceptors (Lipinski definition) is 4. The molecule has 1 aromatic carbocycles. The van der Waals surface area contributed by atoms with E-state index in [9.17, 15) is 0 Å². The molecule has 2 heterocycles. The van der Waals surface area contributed by atoms with Crippen LogP contribution in [0.1, 0.15) is 38.2 Å². The monoisotopic (exact) mass is 285 g/mol. The van der Waals surface area contributed by atoms with Gasteiger partial charge in [-0.05, 0) is 44.4 Å². The number of nitrogens with one attached hydrogen (secondary N) is 1. The third-order valence-corrected chi connectivity index (χ3v) is 4.81. The van der Waals surface area contributed by atoms with Crippen LogP contribution in [0.4, 0.5) is 5.69 Å². The van der Waals surface area contributed by atoms with Crippen LogP contribution in [0.25, 0.3) is 0 Å². The molecule has 112 valence electrons. The van der Waals surface area contributed by atoms with Crippen LogP contribution in [-0.2, 0) is 0 Å². The van der Waals surface area contributed by atoms with Gasteiger partial charge in [0.2, 0.25) is 0 Å². The van der Waals surface area contributed by atoms with Gasteiger partial charge in [0, 0.05) is 24.2 Å². The lowest BCUT2D eigenvalue weighted by Crippen LogP contribution is -2.49. The molecule has 2 bridgehead atoms. The van der Waals surface area contributed by atoms with Gasteiger partial charge in [0.15, 0.2) is 0 Å². The lowest BCUT2D eigenvalue weighted by Gasteiger charge is -2.41. The number of methoxy groups -OCH3 is 1. The Morgan fingerprint density at radius 1 is 1.33 bits per heavy atom. The molecule has 2 atom stereocenters. The van der Waals surface area contributed by atoms with Crippen molar-refractivity contribution in [1.82, 2.24) is 5.32 Å². The van der Waals surface area contributed by atoms with Gasteiger partial charge in [-0.25, -0.2) is 0 Å². The molecule has 1 N–H and O–H groups in total. The minimum atomic E-state index is 0.592. The van der Waals surface area contributed by atoms with E-state index in [2.05, 4.69) is 29.3 Å². The normalized spacial score (nSPS) is 27.5. The molecule has 0 aliphatic carbocycles. The molecule has 2 saturated heterocycles. The summed E-state index contributed by atoms with van der Waals surface area (Å²) in [6.07, 6.45) is 4.92. The quantitative estimate of drug-likeness (QED) is 0.924. The molecule has 3 rings (SSSR count). The van der Waals surface area contributed by atoms with Crippen molar-refractivity contribution in [3.05, 3.63) is 23.8 Å². The van der Waals surface area contributed by atoms with Gasteiger partial charge in [0.1, 0.15) is 5.75 Å². The van der Waals surface area contributed by atoms with Crippen molar-refractivity contribution in [2.45, 2.75) is 50.7 Å². The Balaban J connectivity index is 1.87. The van der Waals surface area contributed by atoms with Crippen molar-refractivity contribution in [3.63, 3.8) is 0 Å². The standard InChI is InChI=1S/C17H23N3O/c1-3-19-13-9-14-5-6-15(10-13)20(14)16-7-4-12(11-18)8-17(16)21-2/h4,7-8,13-15,19H,3,5-6,9-10H2,1-2H3. The Labute approximate surface area is 126 Å². The molecular weight excluding hydrogens is 262 g/mol. The van der Waals surface area contributed by atoms with E-state index in [0.717, 1.165) is 18.0 Å². The zero-order valence-corrected chi connectivity index (χ0v) is 12.8. The Bertz CT molecular complexity index is 537. The Hall–Kier alpha value is -1.73. The topological polar surface area (TPSA) is 48.3 Å². The average Bonchev–Trinajstić information content (AvgIpc) is 2.77. The Kier molecular flexibility index (Phi) is 4.03. The highest BCUT2D eigenvalue weighted by Gasteiger charge is 2.41. The minimum Gasteiger partial charge on any atom is -0.495 e. The minimum absolute atomic E-state index is 0.592. The number of nitrogens with zero attached hydrogens (tertiary/aromatic N) is 2. The summed E-state index contributed by atoms with van der Waals surface area (Å²) >= 11 is 0. The summed E-state index contributed by atoms with van der Waals surface area (Å²) in [4.78, 5) is 2.54. The number of ether oxygens (including phenoxy) is 1. The van der Waals surface area contributed by atoms with Crippen molar-refractivity contribution >= 4 is 5.69 Å². The molecule has 0 saturated carbocycles. The van der Waals surface area contributed by atoms with Crippen LogP contribution < -0.4 is 15.0 Å². The van der Waals surface area contributed by atoms with Gasteiger partial charge in [-0.3, -0.25) is 0 Å². The third kappa shape index (κ3) is 2.58. The van der Waals surface area contributed by atoms with Crippen LogP contribution in [0, 0.1) is 11.3 Å². The van der Waals surface area contributed by atoms with E-state index in [1.165, 1.54) is 25.7 Å². The summed E-state index contributed by atoms with van der Waals surface area (Å²) in [5, 5.41) is 12.6. The van der Waals surface area contributed by atoms with Crippen molar-refractivity contribution in [2.75, 3.05) is 18.6 Å². The molecule has 2 unspecified atom stereocenters. The summed E-state index contributed by atoms with van der Waals surface area (Å²) in [6, 6.07) is 9.82. The highest BCUT2D eigenvalue weighted by Crippen LogP contribution is 2.43. The number of piperidine rings is 1. The van der Waals surface area contributed by atoms with Crippen LogP contribution in [0.15, 0.2) is 18.2 Å². The number of benzene rings is 1. The SMILES string of the molecule is CCNC1CC2CCC(C1)N2c1ccc(C#N)cc1OC. The summed E-state index contributed by atoms with van der Waals surface area (Å²) < 4.78 is 5.53.